The van der Waals surface area contributed by atoms with Crippen LogP contribution in [0.25, 0.3) is 0 Å². The number of nitrogens with one attached hydrogen (secondary N) is 1. The van der Waals surface area contributed by atoms with E-state index in [1.807, 2.05) is 13.8 Å². The fourth-order valence-corrected chi connectivity index (χ4v) is 5.84. The van der Waals surface area contributed by atoms with Gasteiger partial charge in [-0.25, -0.2) is 0 Å². The van der Waals surface area contributed by atoms with Crippen molar-refractivity contribution < 1.29 is 14.7 Å². The molecular weight excluding hydrogens is 384 g/mol. The summed E-state index contributed by atoms with van der Waals surface area (Å²) in [6, 6.07) is 2.29. The van der Waals surface area contributed by atoms with Gasteiger partial charge >= 0.3 is 5.97 Å². The van der Waals surface area contributed by atoms with Gasteiger partial charge in [0.1, 0.15) is 11.1 Å². The quantitative estimate of drug-likeness (QED) is 0.669. The minimum Gasteiger partial charge on any atom is -0.481 e. The topological polar surface area (TPSA) is 90.2 Å². The summed E-state index contributed by atoms with van der Waals surface area (Å²) in [5.74, 6) is -2.00. The first-order valence-electron chi connectivity index (χ1n) is 10.3. The molecule has 2 aliphatic carbocycles. The third kappa shape index (κ3) is 4.25. The molecule has 0 saturated carbocycles. The molecule has 3 atom stereocenters. The summed E-state index contributed by atoms with van der Waals surface area (Å²) in [6.07, 6.45) is 3.68. The Labute approximate surface area is 176 Å². The molecule has 0 radical (unpaired) electrons. The maximum Gasteiger partial charge on any atom is 0.307 e. The van der Waals surface area contributed by atoms with Crippen LogP contribution in [-0.4, -0.2) is 17.0 Å². The Morgan fingerprint density at radius 1 is 1.14 bits per heavy atom. The first kappa shape index (κ1) is 21.6. The summed E-state index contributed by atoms with van der Waals surface area (Å²) in [5, 5.41) is 22.9. The lowest BCUT2D eigenvalue weighted by Gasteiger charge is -2.33. The summed E-state index contributed by atoms with van der Waals surface area (Å²) in [4.78, 5) is 26.0. The highest BCUT2D eigenvalue weighted by Gasteiger charge is 2.38. The van der Waals surface area contributed by atoms with Crippen molar-refractivity contribution in [2.24, 2.45) is 23.2 Å². The molecule has 1 heterocycles. The predicted octanol–water partition coefficient (Wildman–Crippen LogP) is 5.16. The van der Waals surface area contributed by atoms with E-state index in [0.717, 1.165) is 36.0 Å². The molecule has 5 nitrogen and oxygen atoms in total. The molecule has 0 unspecified atom stereocenters. The molecule has 6 heteroatoms. The van der Waals surface area contributed by atoms with Crippen molar-refractivity contribution in [3.63, 3.8) is 0 Å². The van der Waals surface area contributed by atoms with E-state index < -0.39 is 17.8 Å². The summed E-state index contributed by atoms with van der Waals surface area (Å²) < 4.78 is 0. The van der Waals surface area contributed by atoms with E-state index in [0.29, 0.717) is 29.3 Å². The maximum atomic E-state index is 13.0. The standard InChI is InChI=1S/C23H30N2O3S/c1-12-8-16(17(22(27)28)9-13(12)2)20(26)25-21-18(11-24)15-7-6-14(23(3,4)5)10-19(15)29-21/h14,16-17H,6-10H2,1-5H3,(H,25,26)(H,27,28)/t14-,16+,17-/m0/s1. The third-order valence-corrected chi connectivity index (χ3v) is 7.93. The van der Waals surface area contributed by atoms with Gasteiger partial charge in [-0.1, -0.05) is 31.9 Å². The second-order valence-corrected chi connectivity index (χ2v) is 10.7. The van der Waals surface area contributed by atoms with Crippen LogP contribution in [0.15, 0.2) is 11.1 Å². The average molecular weight is 415 g/mol. The molecule has 1 aromatic heterocycles. The number of anilines is 1. The Hall–Kier alpha value is -2.13. The van der Waals surface area contributed by atoms with Crippen molar-refractivity contribution in [1.29, 1.82) is 5.26 Å². The molecule has 1 aromatic rings. The van der Waals surface area contributed by atoms with Gasteiger partial charge in [0, 0.05) is 4.88 Å². The van der Waals surface area contributed by atoms with E-state index in [9.17, 15) is 20.0 Å². The summed E-state index contributed by atoms with van der Waals surface area (Å²) in [7, 11) is 0. The van der Waals surface area contributed by atoms with Gasteiger partial charge in [-0.05, 0) is 62.8 Å². The number of amides is 1. The predicted molar refractivity (Wildman–Crippen MR) is 115 cm³/mol. The fourth-order valence-electron chi connectivity index (χ4n) is 4.56. The number of nitriles is 1. The molecule has 0 saturated heterocycles. The molecule has 2 aliphatic rings. The lowest BCUT2D eigenvalue weighted by Crippen LogP contribution is -2.36. The number of aliphatic carboxylic acids is 1. The molecule has 3 rings (SSSR count). The minimum atomic E-state index is -0.934. The molecule has 1 amide bonds. The Balaban J connectivity index is 1.85. The Bertz CT molecular complexity index is 914. The molecule has 0 spiro atoms. The number of thiophene rings is 1. The van der Waals surface area contributed by atoms with Gasteiger partial charge in [0.15, 0.2) is 0 Å². The zero-order valence-corrected chi connectivity index (χ0v) is 18.7. The number of hydrogen-bond acceptors (Lipinski definition) is 4. The molecule has 0 fully saturated rings. The van der Waals surface area contributed by atoms with Crippen LogP contribution in [0, 0.1) is 34.5 Å². The first-order chi connectivity index (χ1) is 13.5. The van der Waals surface area contributed by atoms with Gasteiger partial charge < -0.3 is 10.4 Å². The highest BCUT2D eigenvalue weighted by atomic mass is 32.1. The van der Waals surface area contributed by atoms with Crippen LogP contribution in [0.5, 0.6) is 0 Å². The van der Waals surface area contributed by atoms with Gasteiger partial charge in [0.05, 0.1) is 17.4 Å². The Morgan fingerprint density at radius 3 is 2.31 bits per heavy atom. The van der Waals surface area contributed by atoms with Gasteiger partial charge in [-0.2, -0.15) is 5.26 Å². The third-order valence-electron chi connectivity index (χ3n) is 6.76. The number of fused-ring (bicyclic) bond motifs is 1. The van der Waals surface area contributed by atoms with Gasteiger partial charge in [-0.15, -0.1) is 11.3 Å². The van der Waals surface area contributed by atoms with Crippen LogP contribution in [0.2, 0.25) is 0 Å². The highest BCUT2D eigenvalue weighted by molar-refractivity contribution is 7.16. The second kappa shape index (κ2) is 7.95. The number of carboxylic acids is 1. The van der Waals surface area contributed by atoms with Crippen LogP contribution in [0.4, 0.5) is 5.00 Å². The molecular formula is C23H30N2O3S. The number of carboxylic acid groups (broad SMARTS) is 1. The van der Waals surface area contributed by atoms with E-state index in [1.165, 1.54) is 16.2 Å². The monoisotopic (exact) mass is 414 g/mol. The van der Waals surface area contributed by atoms with E-state index in [-0.39, 0.29) is 11.3 Å². The van der Waals surface area contributed by atoms with Crippen LogP contribution < -0.4 is 5.32 Å². The molecule has 0 aromatic carbocycles. The van der Waals surface area contributed by atoms with Crippen molar-refractivity contribution >= 4 is 28.2 Å². The average Bonchev–Trinajstić information content (AvgIpc) is 2.98. The highest BCUT2D eigenvalue weighted by Crippen LogP contribution is 2.44. The summed E-state index contributed by atoms with van der Waals surface area (Å²) in [5.41, 5.74) is 3.98. The molecule has 29 heavy (non-hydrogen) atoms. The Morgan fingerprint density at radius 2 is 1.76 bits per heavy atom. The van der Waals surface area contributed by atoms with Crippen molar-refractivity contribution in [2.45, 2.75) is 66.7 Å². The lowest BCUT2D eigenvalue weighted by atomic mass is 9.72. The molecule has 0 bridgehead atoms. The number of rotatable bonds is 3. The van der Waals surface area contributed by atoms with E-state index >= 15 is 0 Å². The Kier molecular flexibility index (Phi) is 5.91. The van der Waals surface area contributed by atoms with Crippen molar-refractivity contribution in [2.75, 3.05) is 5.32 Å². The zero-order valence-electron chi connectivity index (χ0n) is 17.9. The van der Waals surface area contributed by atoms with Gasteiger partial charge in [-0.3, -0.25) is 9.59 Å². The summed E-state index contributed by atoms with van der Waals surface area (Å²) in [6.45, 7) is 10.6. The van der Waals surface area contributed by atoms with Crippen molar-refractivity contribution in [3.05, 3.63) is 27.2 Å². The molecule has 156 valence electrons. The zero-order chi connectivity index (χ0) is 21.5. The number of carbonyl (C=O) groups excluding carboxylic acids is 1. The van der Waals surface area contributed by atoms with Crippen LogP contribution >= 0.6 is 11.3 Å². The summed E-state index contributed by atoms with van der Waals surface area (Å²) >= 11 is 1.50. The van der Waals surface area contributed by atoms with Gasteiger partial charge in [0.2, 0.25) is 5.91 Å². The van der Waals surface area contributed by atoms with E-state index in [1.54, 1.807) is 0 Å². The largest absolute Gasteiger partial charge is 0.481 e. The van der Waals surface area contributed by atoms with E-state index in [4.69, 9.17) is 0 Å². The number of nitrogens with zero attached hydrogens (tertiary/aromatic N) is 1. The number of carbonyl (C=O) groups is 2. The van der Waals surface area contributed by atoms with Crippen LogP contribution in [-0.2, 0) is 22.4 Å². The van der Waals surface area contributed by atoms with Gasteiger partial charge in [0.25, 0.3) is 0 Å². The smallest absolute Gasteiger partial charge is 0.307 e. The lowest BCUT2D eigenvalue weighted by molar-refractivity contribution is -0.146. The second-order valence-electron chi connectivity index (χ2n) is 9.63. The normalized spacial score (nSPS) is 24.6. The first-order valence-corrected chi connectivity index (χ1v) is 11.1. The van der Waals surface area contributed by atoms with Crippen molar-refractivity contribution in [3.8, 4) is 6.07 Å². The number of hydrogen-bond donors (Lipinski definition) is 2. The van der Waals surface area contributed by atoms with Crippen LogP contribution in [0.1, 0.15) is 69.9 Å². The van der Waals surface area contributed by atoms with Crippen molar-refractivity contribution in [1.82, 2.24) is 0 Å². The van der Waals surface area contributed by atoms with E-state index in [2.05, 4.69) is 32.2 Å². The molecule has 0 aliphatic heterocycles. The maximum absolute atomic E-state index is 13.0. The minimum absolute atomic E-state index is 0.205. The fraction of sp³-hybridized carbons (Fsp3) is 0.609. The SMILES string of the molecule is CC1=C(C)C[C@@H](C(=O)Nc2sc3c(c2C#N)CC[C@H](C(C)(C)C)C3)[C@@H](C(=O)O)C1. The number of allylic oxidation sites excluding steroid dienone is 2. The van der Waals surface area contributed by atoms with Crippen LogP contribution in [0.3, 0.4) is 0 Å². The molecule has 2 N–H and O–H groups in total.